The van der Waals surface area contributed by atoms with Crippen LogP contribution in [-0.2, 0) is 4.79 Å². The van der Waals surface area contributed by atoms with Crippen LogP contribution in [0.5, 0.6) is 0 Å². The van der Waals surface area contributed by atoms with E-state index in [0.29, 0.717) is 5.82 Å². The molecule has 8 heteroatoms. The van der Waals surface area contributed by atoms with Gasteiger partial charge in [-0.3, -0.25) is 4.79 Å². The molecule has 0 bridgehead atoms. The first kappa shape index (κ1) is 12.1. The van der Waals surface area contributed by atoms with Crippen molar-refractivity contribution in [3.8, 4) is 5.82 Å². The molecular formula is C10H7F3N4O. The third-order valence-corrected chi connectivity index (χ3v) is 2.00. The quantitative estimate of drug-likeness (QED) is 0.890. The van der Waals surface area contributed by atoms with Crippen molar-refractivity contribution in [2.75, 3.05) is 5.32 Å². The molecule has 0 radical (unpaired) electrons. The fraction of sp³-hybridized carbons (Fsp3) is 0.100. The number of anilines is 1. The van der Waals surface area contributed by atoms with Gasteiger partial charge >= 0.3 is 12.1 Å². The third kappa shape index (κ3) is 2.65. The maximum Gasteiger partial charge on any atom is 0.471 e. The van der Waals surface area contributed by atoms with Crippen molar-refractivity contribution in [1.29, 1.82) is 0 Å². The fourth-order valence-electron chi connectivity index (χ4n) is 1.20. The Bertz CT molecular complexity index is 533. The van der Waals surface area contributed by atoms with Gasteiger partial charge < -0.3 is 5.32 Å². The third-order valence-electron chi connectivity index (χ3n) is 2.00. The van der Waals surface area contributed by atoms with Gasteiger partial charge in [-0.1, -0.05) is 0 Å². The summed E-state index contributed by atoms with van der Waals surface area (Å²) < 4.78 is 37.4. The van der Waals surface area contributed by atoms with Crippen molar-refractivity contribution >= 4 is 11.6 Å². The van der Waals surface area contributed by atoms with Crippen molar-refractivity contribution in [2.45, 2.75) is 6.18 Å². The van der Waals surface area contributed by atoms with Gasteiger partial charge in [0.25, 0.3) is 0 Å². The number of amides is 1. The van der Waals surface area contributed by atoms with Crippen molar-refractivity contribution < 1.29 is 18.0 Å². The highest BCUT2D eigenvalue weighted by molar-refractivity contribution is 5.94. The molecule has 0 spiro atoms. The number of aromatic nitrogens is 3. The minimum atomic E-state index is -4.92. The Morgan fingerprint density at radius 1 is 1.33 bits per heavy atom. The second-order valence-electron chi connectivity index (χ2n) is 3.31. The maximum absolute atomic E-state index is 12.0. The summed E-state index contributed by atoms with van der Waals surface area (Å²) >= 11 is 0. The molecule has 0 fully saturated rings. The molecule has 2 rings (SSSR count). The summed E-state index contributed by atoms with van der Waals surface area (Å²) in [5.41, 5.74) is -0.0340. The van der Waals surface area contributed by atoms with E-state index in [9.17, 15) is 18.0 Å². The van der Waals surface area contributed by atoms with Gasteiger partial charge in [-0.15, -0.1) is 0 Å². The first-order valence-corrected chi connectivity index (χ1v) is 4.81. The lowest BCUT2D eigenvalue weighted by Crippen LogP contribution is -2.29. The Morgan fingerprint density at radius 2 is 2.11 bits per heavy atom. The number of hydrogen-bond acceptors (Lipinski definition) is 3. The van der Waals surface area contributed by atoms with Crippen LogP contribution in [0.25, 0.3) is 5.82 Å². The van der Waals surface area contributed by atoms with E-state index in [1.54, 1.807) is 23.8 Å². The average molecular weight is 256 g/mol. The molecule has 0 aliphatic rings. The Balaban J connectivity index is 2.12. The first-order chi connectivity index (χ1) is 8.47. The molecule has 94 valence electrons. The van der Waals surface area contributed by atoms with Gasteiger partial charge in [0.1, 0.15) is 0 Å². The first-order valence-electron chi connectivity index (χ1n) is 4.81. The molecule has 1 N–H and O–H groups in total. The number of nitrogens with zero attached hydrogens (tertiary/aromatic N) is 3. The van der Waals surface area contributed by atoms with Crippen molar-refractivity contribution in [2.24, 2.45) is 0 Å². The zero-order valence-electron chi connectivity index (χ0n) is 8.85. The zero-order chi connectivity index (χ0) is 13.2. The molecule has 0 aromatic carbocycles. The van der Waals surface area contributed by atoms with E-state index in [-0.39, 0.29) is 5.69 Å². The van der Waals surface area contributed by atoms with Crippen LogP contribution < -0.4 is 5.32 Å². The van der Waals surface area contributed by atoms with Crippen molar-refractivity contribution in [1.82, 2.24) is 14.8 Å². The summed E-state index contributed by atoms with van der Waals surface area (Å²) in [7, 11) is 0. The number of carbonyl (C=O) groups excluding carboxylic acids is 1. The molecule has 0 unspecified atom stereocenters. The molecule has 2 aromatic rings. The molecule has 5 nitrogen and oxygen atoms in total. The fourth-order valence-corrected chi connectivity index (χ4v) is 1.20. The molecule has 18 heavy (non-hydrogen) atoms. The molecule has 2 heterocycles. The Morgan fingerprint density at radius 3 is 2.61 bits per heavy atom. The standard InChI is InChI=1S/C10H7F3N4O/c11-10(12,13)9(18)16-7-2-3-8(14-6-7)17-5-1-4-15-17/h1-6H,(H,16,18). The largest absolute Gasteiger partial charge is 0.471 e. The molecule has 0 aliphatic heterocycles. The van der Waals surface area contributed by atoms with E-state index >= 15 is 0 Å². The molecule has 0 aliphatic carbocycles. The van der Waals surface area contributed by atoms with Gasteiger partial charge in [0, 0.05) is 12.4 Å². The van der Waals surface area contributed by atoms with E-state index < -0.39 is 12.1 Å². The predicted octanol–water partition coefficient (Wildman–Crippen LogP) is 1.77. The maximum atomic E-state index is 12.0. The number of hydrogen-bond donors (Lipinski definition) is 1. The van der Waals surface area contributed by atoms with Crippen LogP contribution in [0.3, 0.4) is 0 Å². The van der Waals surface area contributed by atoms with Crippen LogP contribution in [0.4, 0.5) is 18.9 Å². The van der Waals surface area contributed by atoms with Crippen molar-refractivity contribution in [3.63, 3.8) is 0 Å². The van der Waals surface area contributed by atoms with Gasteiger partial charge in [0.2, 0.25) is 0 Å². The lowest BCUT2D eigenvalue weighted by molar-refractivity contribution is -0.167. The predicted molar refractivity (Wildman–Crippen MR) is 56.0 cm³/mol. The Hall–Kier alpha value is -2.38. The van der Waals surface area contributed by atoms with E-state index in [1.807, 2.05) is 0 Å². The highest BCUT2D eigenvalue weighted by atomic mass is 19.4. The van der Waals surface area contributed by atoms with Gasteiger partial charge in [-0.05, 0) is 18.2 Å². The van der Waals surface area contributed by atoms with Gasteiger partial charge in [-0.2, -0.15) is 18.3 Å². The number of carbonyl (C=O) groups is 1. The second-order valence-corrected chi connectivity index (χ2v) is 3.31. The van der Waals surface area contributed by atoms with Gasteiger partial charge in [-0.25, -0.2) is 9.67 Å². The Kier molecular flexibility index (Phi) is 3.00. The molecular weight excluding hydrogens is 249 g/mol. The highest BCUT2D eigenvalue weighted by Crippen LogP contribution is 2.18. The van der Waals surface area contributed by atoms with Crippen LogP contribution in [-0.4, -0.2) is 26.8 Å². The van der Waals surface area contributed by atoms with E-state index in [1.165, 1.54) is 16.8 Å². The number of rotatable bonds is 2. The summed E-state index contributed by atoms with van der Waals surface area (Å²) in [5, 5.41) is 5.60. The SMILES string of the molecule is O=C(Nc1ccc(-n2cccn2)nc1)C(F)(F)F. The summed E-state index contributed by atoms with van der Waals surface area (Å²) in [6.07, 6.45) is -0.612. The minimum Gasteiger partial charge on any atom is -0.317 e. The lowest BCUT2D eigenvalue weighted by atomic mass is 10.4. The number of alkyl halides is 3. The monoisotopic (exact) mass is 256 g/mol. The van der Waals surface area contributed by atoms with Crippen LogP contribution in [0, 0.1) is 0 Å². The molecule has 0 atom stereocenters. The van der Waals surface area contributed by atoms with Crippen LogP contribution in [0.1, 0.15) is 0 Å². The van der Waals surface area contributed by atoms with E-state index in [0.717, 1.165) is 6.20 Å². The lowest BCUT2D eigenvalue weighted by Gasteiger charge is -2.07. The molecule has 0 saturated carbocycles. The van der Waals surface area contributed by atoms with Crippen LogP contribution >= 0.6 is 0 Å². The van der Waals surface area contributed by atoms with E-state index in [4.69, 9.17) is 0 Å². The summed E-state index contributed by atoms with van der Waals surface area (Å²) in [6, 6.07) is 4.44. The normalized spacial score (nSPS) is 11.3. The zero-order valence-corrected chi connectivity index (χ0v) is 8.85. The molecule has 1 amide bonds. The van der Waals surface area contributed by atoms with Gasteiger partial charge in [0.15, 0.2) is 5.82 Å². The summed E-state index contributed by atoms with van der Waals surface area (Å²) in [6.45, 7) is 0. The van der Waals surface area contributed by atoms with Crippen LogP contribution in [0.15, 0.2) is 36.8 Å². The number of halogens is 3. The smallest absolute Gasteiger partial charge is 0.317 e. The topological polar surface area (TPSA) is 59.8 Å². The van der Waals surface area contributed by atoms with Crippen LogP contribution in [0.2, 0.25) is 0 Å². The Labute approximate surface area is 99.3 Å². The van der Waals surface area contributed by atoms with E-state index in [2.05, 4.69) is 10.1 Å². The van der Waals surface area contributed by atoms with Crippen molar-refractivity contribution in [3.05, 3.63) is 36.8 Å². The summed E-state index contributed by atoms with van der Waals surface area (Å²) in [5.74, 6) is -1.60. The number of pyridine rings is 1. The summed E-state index contributed by atoms with van der Waals surface area (Å²) in [4.78, 5) is 14.5. The second kappa shape index (κ2) is 4.47. The number of nitrogens with one attached hydrogen (secondary N) is 1. The highest BCUT2D eigenvalue weighted by Gasteiger charge is 2.38. The molecule has 0 saturated heterocycles. The minimum absolute atomic E-state index is 0.0340. The van der Waals surface area contributed by atoms with Gasteiger partial charge in [0.05, 0.1) is 11.9 Å². The average Bonchev–Trinajstić information content (AvgIpc) is 2.82. The molecule has 2 aromatic heterocycles.